The van der Waals surface area contributed by atoms with Gasteiger partial charge in [-0.15, -0.1) is 11.6 Å². The number of carbonyl (C=O) groups excluding carboxylic acids is 1. The van der Waals surface area contributed by atoms with E-state index in [1.165, 1.54) is 19.3 Å². The summed E-state index contributed by atoms with van der Waals surface area (Å²) in [5, 5.41) is 0. The first kappa shape index (κ1) is 18.6. The lowest BCUT2D eigenvalue weighted by atomic mass is 10.1. The first-order chi connectivity index (χ1) is 11.1. The summed E-state index contributed by atoms with van der Waals surface area (Å²) in [5.41, 5.74) is 8.40. The number of esters is 1. The topological polar surface area (TPSA) is 55.6 Å². The van der Waals surface area contributed by atoms with Gasteiger partial charge in [0.25, 0.3) is 0 Å². The molecular formula is C17H24BrClN2O2. The van der Waals surface area contributed by atoms with Crippen LogP contribution < -0.4 is 5.73 Å². The van der Waals surface area contributed by atoms with Crippen LogP contribution in [0.4, 0.5) is 5.69 Å². The number of unbranched alkanes of at least 4 members (excludes halogenated alkanes) is 1. The van der Waals surface area contributed by atoms with E-state index < -0.39 is 0 Å². The highest BCUT2D eigenvalue weighted by Crippen LogP contribution is 2.28. The van der Waals surface area contributed by atoms with E-state index >= 15 is 0 Å². The molecule has 1 aliphatic heterocycles. The fourth-order valence-corrected chi connectivity index (χ4v) is 3.42. The van der Waals surface area contributed by atoms with Crippen molar-refractivity contribution in [2.75, 3.05) is 31.3 Å². The maximum atomic E-state index is 12.2. The summed E-state index contributed by atoms with van der Waals surface area (Å²) < 4.78 is 6.05. The van der Waals surface area contributed by atoms with Crippen molar-refractivity contribution >= 4 is 39.2 Å². The zero-order chi connectivity index (χ0) is 16.7. The van der Waals surface area contributed by atoms with Crippen molar-refractivity contribution in [2.24, 2.45) is 0 Å². The zero-order valence-corrected chi connectivity index (χ0v) is 15.7. The second kappa shape index (κ2) is 9.50. The van der Waals surface area contributed by atoms with Gasteiger partial charge in [-0.25, -0.2) is 4.79 Å². The lowest BCUT2D eigenvalue weighted by Crippen LogP contribution is -2.29. The fraction of sp³-hybridized carbons (Fsp3) is 0.588. The van der Waals surface area contributed by atoms with Gasteiger partial charge in [0.05, 0.1) is 17.9 Å². The molecule has 1 aromatic carbocycles. The Morgan fingerprint density at radius 2 is 2.00 bits per heavy atom. The Morgan fingerprint density at radius 1 is 1.26 bits per heavy atom. The van der Waals surface area contributed by atoms with E-state index in [0.717, 1.165) is 42.5 Å². The van der Waals surface area contributed by atoms with Crippen LogP contribution in [0.3, 0.4) is 0 Å². The summed E-state index contributed by atoms with van der Waals surface area (Å²) in [6.07, 6.45) is 5.38. The predicted octanol–water partition coefficient (Wildman–Crippen LogP) is 4.19. The molecule has 6 heteroatoms. The summed E-state index contributed by atoms with van der Waals surface area (Å²) in [6, 6.07) is 3.59. The third-order valence-corrected chi connectivity index (χ3v) is 4.98. The molecule has 1 fully saturated rings. The predicted molar refractivity (Wildman–Crippen MR) is 97.9 cm³/mol. The Morgan fingerprint density at radius 3 is 2.70 bits per heavy atom. The molecule has 4 nitrogen and oxygen atoms in total. The number of nitrogens with zero attached hydrogens (tertiary/aromatic N) is 1. The number of alkyl halides is 1. The molecule has 2 N–H and O–H groups in total. The van der Waals surface area contributed by atoms with Crippen LogP contribution in [0.25, 0.3) is 0 Å². The molecule has 1 saturated heterocycles. The molecule has 0 atom stereocenters. The molecular weight excluding hydrogens is 380 g/mol. The normalized spacial score (nSPS) is 15.6. The van der Waals surface area contributed by atoms with E-state index in [0.29, 0.717) is 23.7 Å². The van der Waals surface area contributed by atoms with Crippen LogP contribution in [0.2, 0.25) is 0 Å². The molecule has 128 valence electrons. The monoisotopic (exact) mass is 402 g/mol. The number of ether oxygens (including phenoxy) is 1. The van der Waals surface area contributed by atoms with Crippen LogP contribution in [0, 0.1) is 0 Å². The minimum Gasteiger partial charge on any atom is -0.462 e. The number of hydrogen-bond acceptors (Lipinski definition) is 4. The Kier molecular flexibility index (Phi) is 7.66. The van der Waals surface area contributed by atoms with E-state index in [1.807, 2.05) is 6.07 Å². The van der Waals surface area contributed by atoms with Crippen LogP contribution in [0.5, 0.6) is 0 Å². The van der Waals surface area contributed by atoms with Crippen molar-refractivity contribution < 1.29 is 9.53 Å². The third-order valence-electron chi connectivity index (χ3n) is 4.05. The fourth-order valence-electron chi connectivity index (χ4n) is 2.73. The molecule has 1 heterocycles. The molecule has 23 heavy (non-hydrogen) atoms. The summed E-state index contributed by atoms with van der Waals surface area (Å²) in [6.45, 7) is 3.35. The average Bonchev–Trinajstić information content (AvgIpc) is 2.56. The Bertz CT molecular complexity index is 534. The van der Waals surface area contributed by atoms with Gasteiger partial charge in [0, 0.05) is 16.9 Å². The molecule has 1 aromatic rings. The number of piperidine rings is 1. The second-order valence-electron chi connectivity index (χ2n) is 5.90. The molecule has 0 unspecified atom stereocenters. The number of halogens is 2. The Balaban J connectivity index is 2.04. The Hall–Kier alpha value is -0.780. The van der Waals surface area contributed by atoms with Gasteiger partial charge in [-0.05, 0) is 72.4 Å². The first-order valence-electron chi connectivity index (χ1n) is 8.15. The zero-order valence-electron chi connectivity index (χ0n) is 13.3. The van der Waals surface area contributed by atoms with Crippen LogP contribution >= 0.6 is 27.5 Å². The highest BCUT2D eigenvalue weighted by molar-refractivity contribution is 9.10. The summed E-state index contributed by atoms with van der Waals surface area (Å²) in [7, 11) is 0. The minimum absolute atomic E-state index is 0.305. The molecule has 2 rings (SSSR count). The van der Waals surface area contributed by atoms with Crippen molar-refractivity contribution in [3.05, 3.63) is 27.7 Å². The Labute approximate surface area is 151 Å². The number of anilines is 1. The van der Waals surface area contributed by atoms with Gasteiger partial charge in [0.15, 0.2) is 0 Å². The quantitative estimate of drug-likeness (QED) is 0.321. The van der Waals surface area contributed by atoms with E-state index in [4.69, 9.17) is 22.1 Å². The summed E-state index contributed by atoms with van der Waals surface area (Å²) >= 11 is 9.07. The number of carbonyl (C=O) groups is 1. The molecule has 0 bridgehead atoms. The van der Waals surface area contributed by atoms with Gasteiger partial charge in [0.2, 0.25) is 0 Å². The van der Waals surface area contributed by atoms with Crippen molar-refractivity contribution in [1.29, 1.82) is 0 Å². The SMILES string of the molecule is Nc1c(Br)cc(C(=O)OCCCCCl)cc1CN1CCCCC1. The van der Waals surface area contributed by atoms with Crippen LogP contribution in [0.15, 0.2) is 16.6 Å². The van der Waals surface area contributed by atoms with Gasteiger partial charge >= 0.3 is 5.97 Å². The molecule has 1 aliphatic rings. The van der Waals surface area contributed by atoms with E-state index in [-0.39, 0.29) is 5.97 Å². The van der Waals surface area contributed by atoms with Crippen molar-refractivity contribution in [3.8, 4) is 0 Å². The largest absolute Gasteiger partial charge is 0.462 e. The van der Waals surface area contributed by atoms with Gasteiger partial charge < -0.3 is 10.5 Å². The molecule has 0 aliphatic carbocycles. The van der Waals surface area contributed by atoms with E-state index in [9.17, 15) is 4.79 Å². The first-order valence-corrected chi connectivity index (χ1v) is 9.48. The smallest absolute Gasteiger partial charge is 0.338 e. The van der Waals surface area contributed by atoms with E-state index in [2.05, 4.69) is 20.8 Å². The molecule has 0 spiro atoms. The average molecular weight is 404 g/mol. The maximum Gasteiger partial charge on any atom is 0.338 e. The van der Waals surface area contributed by atoms with E-state index in [1.54, 1.807) is 6.07 Å². The standard InChI is InChI=1S/C17H24BrClN2O2/c18-15-11-13(17(22)23-9-5-2-6-19)10-14(16(15)20)12-21-7-3-1-4-8-21/h10-11H,1-9,12,20H2. The number of benzene rings is 1. The molecule has 0 saturated carbocycles. The summed E-state index contributed by atoms with van der Waals surface area (Å²) in [5.74, 6) is 0.283. The lowest BCUT2D eigenvalue weighted by molar-refractivity contribution is 0.0499. The lowest BCUT2D eigenvalue weighted by Gasteiger charge is -2.27. The molecule has 0 aromatic heterocycles. The maximum absolute atomic E-state index is 12.2. The summed E-state index contributed by atoms with van der Waals surface area (Å²) in [4.78, 5) is 14.6. The third kappa shape index (κ3) is 5.66. The van der Waals surface area contributed by atoms with Gasteiger partial charge in [0.1, 0.15) is 0 Å². The second-order valence-corrected chi connectivity index (χ2v) is 7.13. The van der Waals surface area contributed by atoms with Crippen molar-refractivity contribution in [2.45, 2.75) is 38.6 Å². The molecule has 0 radical (unpaired) electrons. The number of nitrogens with two attached hydrogens (primary N) is 1. The number of likely N-dealkylation sites (tertiary alicyclic amines) is 1. The van der Waals surface area contributed by atoms with Gasteiger partial charge in [-0.2, -0.15) is 0 Å². The van der Waals surface area contributed by atoms with Crippen LogP contribution in [-0.2, 0) is 11.3 Å². The minimum atomic E-state index is -0.305. The van der Waals surface area contributed by atoms with Crippen LogP contribution in [-0.4, -0.2) is 36.4 Å². The van der Waals surface area contributed by atoms with Crippen molar-refractivity contribution in [1.82, 2.24) is 4.90 Å². The van der Waals surface area contributed by atoms with Crippen LogP contribution in [0.1, 0.15) is 48.0 Å². The highest BCUT2D eigenvalue weighted by atomic mass is 79.9. The number of hydrogen-bond donors (Lipinski definition) is 1. The van der Waals surface area contributed by atoms with Gasteiger partial charge in [-0.3, -0.25) is 4.90 Å². The number of rotatable bonds is 7. The van der Waals surface area contributed by atoms with Gasteiger partial charge in [-0.1, -0.05) is 6.42 Å². The number of nitrogen functional groups attached to an aromatic ring is 1. The van der Waals surface area contributed by atoms with Crippen molar-refractivity contribution in [3.63, 3.8) is 0 Å². The molecule has 0 amide bonds. The highest BCUT2D eigenvalue weighted by Gasteiger charge is 2.16.